The van der Waals surface area contributed by atoms with Crippen LogP contribution in [0.1, 0.15) is 30.6 Å². The smallest absolute Gasteiger partial charge is 0.191 e. The average Bonchev–Trinajstić information content (AvgIpc) is 3.22. The number of guanidine groups is 1. The average molecular weight is 467 g/mol. The topological polar surface area (TPSA) is 45.7 Å². The van der Waals surface area contributed by atoms with Crippen LogP contribution < -0.4 is 10.6 Å². The van der Waals surface area contributed by atoms with Crippen LogP contribution in [0.4, 0.5) is 0 Å². The van der Waals surface area contributed by atoms with Crippen molar-refractivity contribution in [3.05, 3.63) is 22.4 Å². The van der Waals surface area contributed by atoms with Crippen LogP contribution in [0, 0.1) is 0 Å². The van der Waals surface area contributed by atoms with Gasteiger partial charge in [-0.1, -0.05) is 6.07 Å². The molecular formula is C16H26IN3OS2. The molecule has 0 radical (unpaired) electrons. The summed E-state index contributed by atoms with van der Waals surface area (Å²) < 4.78 is 5.80. The molecule has 7 heteroatoms. The summed E-state index contributed by atoms with van der Waals surface area (Å²) in [6.45, 7) is 3.47. The van der Waals surface area contributed by atoms with Crippen LogP contribution >= 0.6 is 47.1 Å². The van der Waals surface area contributed by atoms with Crippen molar-refractivity contribution in [2.75, 3.05) is 26.0 Å². The summed E-state index contributed by atoms with van der Waals surface area (Å²) in [6, 6.07) is 4.85. The summed E-state index contributed by atoms with van der Waals surface area (Å²) in [4.78, 5) is 6.07. The van der Waals surface area contributed by atoms with Crippen LogP contribution in [-0.2, 0) is 11.3 Å². The third-order valence-corrected chi connectivity index (χ3v) is 6.59. The van der Waals surface area contributed by atoms with Crippen LogP contribution in [0.3, 0.4) is 0 Å². The predicted octanol–water partition coefficient (Wildman–Crippen LogP) is 3.48. The molecule has 4 nitrogen and oxygen atoms in total. The van der Waals surface area contributed by atoms with Gasteiger partial charge in [-0.05, 0) is 43.4 Å². The van der Waals surface area contributed by atoms with E-state index in [1.165, 1.54) is 17.7 Å². The van der Waals surface area contributed by atoms with E-state index in [4.69, 9.17) is 9.73 Å². The number of thiophene rings is 1. The summed E-state index contributed by atoms with van der Waals surface area (Å²) >= 11 is 3.73. The van der Waals surface area contributed by atoms with E-state index in [0.29, 0.717) is 6.04 Å². The Hall–Kier alpha value is 0.01000. The van der Waals surface area contributed by atoms with Crippen molar-refractivity contribution >= 4 is 53.0 Å². The van der Waals surface area contributed by atoms with Crippen molar-refractivity contribution in [2.24, 2.45) is 4.99 Å². The molecule has 1 saturated carbocycles. The summed E-state index contributed by atoms with van der Waals surface area (Å²) in [5.41, 5.74) is 0. The van der Waals surface area contributed by atoms with Gasteiger partial charge in [0.25, 0.3) is 0 Å². The van der Waals surface area contributed by atoms with Gasteiger partial charge in [-0.3, -0.25) is 0 Å². The first-order chi connectivity index (χ1) is 10.8. The Labute approximate surface area is 164 Å². The van der Waals surface area contributed by atoms with Gasteiger partial charge < -0.3 is 15.4 Å². The summed E-state index contributed by atoms with van der Waals surface area (Å²) in [5, 5.41) is 9.23. The number of ether oxygens (including phenoxy) is 1. The van der Waals surface area contributed by atoms with Crippen molar-refractivity contribution in [1.29, 1.82) is 0 Å². The van der Waals surface area contributed by atoms with Gasteiger partial charge in [-0.25, -0.2) is 4.99 Å². The van der Waals surface area contributed by atoms with Crippen LogP contribution in [-0.4, -0.2) is 42.8 Å². The third kappa shape index (κ3) is 6.10. The highest BCUT2D eigenvalue weighted by molar-refractivity contribution is 14.0. The largest absolute Gasteiger partial charge is 0.381 e. The fraction of sp³-hybridized carbons (Fsp3) is 0.688. The third-order valence-electron chi connectivity index (χ3n) is 4.31. The van der Waals surface area contributed by atoms with Crippen molar-refractivity contribution in [3.63, 3.8) is 0 Å². The second-order valence-electron chi connectivity index (χ2n) is 6.02. The molecule has 0 aromatic carbocycles. The fourth-order valence-corrected chi connectivity index (χ4v) is 3.99. The van der Waals surface area contributed by atoms with Crippen molar-refractivity contribution < 1.29 is 4.74 Å². The predicted molar refractivity (Wildman–Crippen MR) is 111 cm³/mol. The lowest BCUT2D eigenvalue weighted by atomic mass is 9.99. The number of halogens is 1. The second-order valence-corrected chi connectivity index (χ2v) is 8.32. The zero-order valence-electron chi connectivity index (χ0n) is 13.5. The minimum Gasteiger partial charge on any atom is -0.381 e. The number of aliphatic imine (C=N–C) groups is 1. The molecule has 23 heavy (non-hydrogen) atoms. The number of nitrogens with zero attached hydrogens (tertiary/aromatic N) is 1. The molecule has 2 N–H and O–H groups in total. The molecular weight excluding hydrogens is 441 g/mol. The van der Waals surface area contributed by atoms with Crippen LogP contribution in [0.15, 0.2) is 22.5 Å². The van der Waals surface area contributed by atoms with Gasteiger partial charge in [-0.2, -0.15) is 11.8 Å². The molecule has 3 rings (SSSR count). The minimum atomic E-state index is 0. The highest BCUT2D eigenvalue weighted by Gasteiger charge is 2.32. The molecule has 1 aromatic rings. The summed E-state index contributed by atoms with van der Waals surface area (Å²) in [5.74, 6) is 0.968. The Balaban J connectivity index is 0.00000192. The zero-order valence-corrected chi connectivity index (χ0v) is 17.5. The molecule has 130 valence electrons. The molecule has 2 heterocycles. The summed E-state index contributed by atoms with van der Waals surface area (Å²) in [6.07, 6.45) is 6.97. The fourth-order valence-electron chi connectivity index (χ4n) is 2.57. The first kappa shape index (κ1) is 19.3. The molecule has 0 unspecified atom stereocenters. The first-order valence-electron chi connectivity index (χ1n) is 8.00. The van der Waals surface area contributed by atoms with Crippen molar-refractivity contribution in [2.45, 2.75) is 43.0 Å². The van der Waals surface area contributed by atoms with E-state index < -0.39 is 0 Å². The van der Waals surface area contributed by atoms with Crippen LogP contribution in [0.5, 0.6) is 0 Å². The molecule has 2 aliphatic rings. The lowest BCUT2D eigenvalue weighted by Crippen LogP contribution is -2.48. The SMILES string of the molecule is CSC1(CNC(=NCc2cccs2)NC2CC2)CCOCC1.I. The Bertz CT molecular complexity index is 486. The van der Waals surface area contributed by atoms with Crippen LogP contribution in [0.25, 0.3) is 0 Å². The Morgan fingerprint density at radius 2 is 2.22 bits per heavy atom. The molecule has 1 aliphatic carbocycles. The monoisotopic (exact) mass is 467 g/mol. The van der Waals surface area contributed by atoms with Gasteiger partial charge in [0.15, 0.2) is 5.96 Å². The molecule has 0 amide bonds. The molecule has 1 aliphatic heterocycles. The highest BCUT2D eigenvalue weighted by atomic mass is 127. The summed E-state index contributed by atoms with van der Waals surface area (Å²) in [7, 11) is 0. The molecule has 0 bridgehead atoms. The van der Waals surface area contributed by atoms with Gasteiger partial charge in [0.1, 0.15) is 0 Å². The van der Waals surface area contributed by atoms with E-state index in [1.54, 1.807) is 11.3 Å². The molecule has 0 atom stereocenters. The lowest BCUT2D eigenvalue weighted by Gasteiger charge is -2.36. The van der Waals surface area contributed by atoms with Gasteiger partial charge in [0.2, 0.25) is 0 Å². The van der Waals surface area contributed by atoms with Gasteiger partial charge in [-0.15, -0.1) is 35.3 Å². The zero-order chi connectivity index (χ0) is 15.3. The maximum Gasteiger partial charge on any atom is 0.191 e. The molecule has 0 spiro atoms. The Morgan fingerprint density at radius 1 is 1.43 bits per heavy atom. The van der Waals surface area contributed by atoms with Crippen LogP contribution in [0.2, 0.25) is 0 Å². The van der Waals surface area contributed by atoms with E-state index in [1.807, 2.05) is 11.8 Å². The number of nitrogens with one attached hydrogen (secondary N) is 2. The van der Waals surface area contributed by atoms with E-state index in [0.717, 1.165) is 45.1 Å². The van der Waals surface area contributed by atoms with E-state index in [-0.39, 0.29) is 28.7 Å². The second kappa shape index (κ2) is 9.48. The standard InChI is InChI=1S/C16H25N3OS2.HI/c1-21-16(6-8-20-9-7-16)12-18-15(19-13-4-5-13)17-11-14-3-2-10-22-14;/h2-3,10,13H,4-9,11-12H2,1H3,(H2,17,18,19);1H. The minimum absolute atomic E-state index is 0. The number of hydrogen-bond donors (Lipinski definition) is 2. The first-order valence-corrected chi connectivity index (χ1v) is 10.1. The van der Waals surface area contributed by atoms with E-state index in [2.05, 4.69) is 34.4 Å². The maximum absolute atomic E-state index is 5.52. The number of thioether (sulfide) groups is 1. The maximum atomic E-state index is 5.52. The number of hydrogen-bond acceptors (Lipinski definition) is 4. The quantitative estimate of drug-likeness (QED) is 0.382. The Kier molecular flexibility index (Phi) is 7.97. The molecule has 1 saturated heterocycles. The van der Waals surface area contributed by atoms with E-state index in [9.17, 15) is 0 Å². The normalized spacial score (nSPS) is 20.7. The van der Waals surface area contributed by atoms with Gasteiger partial charge in [0, 0.05) is 35.4 Å². The highest BCUT2D eigenvalue weighted by Crippen LogP contribution is 2.33. The Morgan fingerprint density at radius 3 is 2.83 bits per heavy atom. The molecule has 1 aromatic heterocycles. The van der Waals surface area contributed by atoms with Gasteiger partial charge >= 0.3 is 0 Å². The number of rotatable bonds is 6. The van der Waals surface area contributed by atoms with E-state index >= 15 is 0 Å². The van der Waals surface area contributed by atoms with Crippen molar-refractivity contribution in [1.82, 2.24) is 10.6 Å². The lowest BCUT2D eigenvalue weighted by molar-refractivity contribution is 0.0783. The van der Waals surface area contributed by atoms with Gasteiger partial charge in [0.05, 0.1) is 6.54 Å². The molecule has 2 fully saturated rings. The van der Waals surface area contributed by atoms with Crippen molar-refractivity contribution in [3.8, 4) is 0 Å².